The predicted octanol–water partition coefficient (Wildman–Crippen LogP) is 2.43. The Morgan fingerprint density at radius 2 is 2.04 bits per heavy atom. The molecule has 0 radical (unpaired) electrons. The quantitative estimate of drug-likeness (QED) is 0.886. The highest BCUT2D eigenvalue weighted by atomic mass is 16.5. The Morgan fingerprint density at radius 1 is 1.36 bits per heavy atom. The van der Waals surface area contributed by atoms with E-state index < -0.39 is 0 Å². The predicted molar refractivity (Wildman–Crippen MR) is 96.3 cm³/mol. The molecule has 7 heteroatoms. The van der Waals surface area contributed by atoms with Crippen molar-refractivity contribution in [1.82, 2.24) is 9.80 Å². The minimum atomic E-state index is -0.233. The summed E-state index contributed by atoms with van der Waals surface area (Å²) < 4.78 is 10.6. The Morgan fingerprint density at radius 3 is 2.64 bits per heavy atom. The molecule has 25 heavy (non-hydrogen) atoms. The molecule has 1 atom stereocenters. The van der Waals surface area contributed by atoms with Crippen molar-refractivity contribution in [3.63, 3.8) is 0 Å². The van der Waals surface area contributed by atoms with Gasteiger partial charge < -0.3 is 24.6 Å². The molecule has 0 saturated carbocycles. The molecule has 0 bridgehead atoms. The zero-order valence-corrected chi connectivity index (χ0v) is 15.4. The number of carbonyl (C=O) groups is 2. The zero-order chi connectivity index (χ0) is 18.4. The summed E-state index contributed by atoms with van der Waals surface area (Å²) in [5.74, 6) is 0.446. The Balaban J connectivity index is 2.18. The largest absolute Gasteiger partial charge is 0.495 e. The van der Waals surface area contributed by atoms with Crippen LogP contribution in [0.5, 0.6) is 5.75 Å². The number of methoxy groups -OCH3 is 1. The number of hydrogen-bond donors (Lipinski definition) is 1. The minimum Gasteiger partial charge on any atom is -0.495 e. The van der Waals surface area contributed by atoms with Crippen molar-refractivity contribution in [2.24, 2.45) is 0 Å². The second kappa shape index (κ2) is 8.71. The number of benzene rings is 1. The first kappa shape index (κ1) is 19.1. The van der Waals surface area contributed by atoms with Crippen LogP contribution < -0.4 is 10.1 Å². The monoisotopic (exact) mass is 349 g/mol. The number of hydrogen-bond acceptors (Lipinski definition) is 4. The van der Waals surface area contributed by atoms with Crippen molar-refractivity contribution in [3.05, 3.63) is 23.8 Å². The smallest absolute Gasteiger partial charge is 0.321 e. The fourth-order valence-electron chi connectivity index (χ4n) is 2.57. The summed E-state index contributed by atoms with van der Waals surface area (Å²) in [6.07, 6.45) is 0.858. The average Bonchev–Trinajstić information content (AvgIpc) is 2.66. The van der Waals surface area contributed by atoms with Crippen LogP contribution in [-0.2, 0) is 4.74 Å². The second-order valence-corrected chi connectivity index (χ2v) is 6.12. The molecule has 3 amide bonds. The van der Waals surface area contributed by atoms with Crippen LogP contribution in [-0.4, -0.2) is 68.2 Å². The van der Waals surface area contributed by atoms with Gasteiger partial charge in [0.15, 0.2) is 0 Å². The molecule has 0 unspecified atom stereocenters. The van der Waals surface area contributed by atoms with Gasteiger partial charge in [-0.15, -0.1) is 0 Å². The minimum absolute atomic E-state index is 0.0725. The van der Waals surface area contributed by atoms with E-state index in [1.165, 1.54) is 7.11 Å². The van der Waals surface area contributed by atoms with Crippen LogP contribution in [0.3, 0.4) is 0 Å². The summed E-state index contributed by atoms with van der Waals surface area (Å²) in [4.78, 5) is 28.4. The van der Waals surface area contributed by atoms with E-state index in [9.17, 15) is 9.59 Å². The summed E-state index contributed by atoms with van der Waals surface area (Å²) in [6.45, 7) is 6.24. The number of nitrogens with zero attached hydrogens (tertiary/aromatic N) is 2. The summed E-state index contributed by atoms with van der Waals surface area (Å²) in [5, 5.41) is 2.84. The van der Waals surface area contributed by atoms with Gasteiger partial charge in [-0.2, -0.15) is 0 Å². The molecule has 1 N–H and O–H groups in total. The van der Waals surface area contributed by atoms with Gasteiger partial charge in [0.05, 0.1) is 26.0 Å². The molecule has 1 heterocycles. The number of amides is 3. The lowest BCUT2D eigenvalue weighted by molar-refractivity contribution is 0.0303. The van der Waals surface area contributed by atoms with Crippen molar-refractivity contribution in [2.45, 2.75) is 26.3 Å². The van der Waals surface area contributed by atoms with E-state index >= 15 is 0 Å². The average molecular weight is 349 g/mol. The fourth-order valence-corrected chi connectivity index (χ4v) is 2.57. The normalized spacial score (nSPS) is 15.4. The topological polar surface area (TPSA) is 71.1 Å². The van der Waals surface area contributed by atoms with Gasteiger partial charge in [0.1, 0.15) is 5.75 Å². The molecule has 1 aliphatic rings. The van der Waals surface area contributed by atoms with E-state index in [1.807, 2.05) is 13.8 Å². The molecule has 1 aromatic rings. The van der Waals surface area contributed by atoms with E-state index in [2.05, 4.69) is 5.32 Å². The van der Waals surface area contributed by atoms with Gasteiger partial charge in [-0.05, 0) is 31.5 Å². The number of morpholine rings is 1. The van der Waals surface area contributed by atoms with E-state index in [-0.39, 0.29) is 18.0 Å². The molecule has 2 rings (SSSR count). The lowest BCUT2D eigenvalue weighted by Crippen LogP contribution is -2.40. The number of nitrogens with one attached hydrogen (secondary N) is 1. The highest BCUT2D eigenvalue weighted by Gasteiger charge is 2.21. The van der Waals surface area contributed by atoms with Gasteiger partial charge in [0.2, 0.25) is 0 Å². The summed E-state index contributed by atoms with van der Waals surface area (Å²) in [7, 11) is 3.28. The van der Waals surface area contributed by atoms with E-state index in [0.29, 0.717) is 43.3 Å². The van der Waals surface area contributed by atoms with Crippen molar-refractivity contribution < 1.29 is 19.1 Å². The van der Waals surface area contributed by atoms with Crippen LogP contribution in [0.25, 0.3) is 0 Å². The Labute approximate surface area is 148 Å². The van der Waals surface area contributed by atoms with Gasteiger partial charge in [-0.3, -0.25) is 4.79 Å². The number of ether oxygens (including phenoxy) is 2. The van der Waals surface area contributed by atoms with Crippen LogP contribution in [0.1, 0.15) is 30.6 Å². The van der Waals surface area contributed by atoms with Crippen molar-refractivity contribution >= 4 is 17.6 Å². The number of urea groups is 1. The second-order valence-electron chi connectivity index (χ2n) is 6.12. The van der Waals surface area contributed by atoms with Gasteiger partial charge in [-0.25, -0.2) is 4.79 Å². The van der Waals surface area contributed by atoms with Crippen LogP contribution >= 0.6 is 0 Å². The molecule has 0 spiro atoms. The Hall–Kier alpha value is -2.28. The highest BCUT2D eigenvalue weighted by Crippen LogP contribution is 2.27. The first-order valence-electron chi connectivity index (χ1n) is 8.56. The lowest BCUT2D eigenvalue weighted by Gasteiger charge is -2.27. The molecular weight excluding hydrogens is 322 g/mol. The maximum Gasteiger partial charge on any atom is 0.321 e. The molecule has 1 aromatic carbocycles. The number of anilines is 1. The van der Waals surface area contributed by atoms with Gasteiger partial charge in [0.25, 0.3) is 5.91 Å². The Kier molecular flexibility index (Phi) is 6.64. The third-order valence-electron chi connectivity index (χ3n) is 4.56. The van der Waals surface area contributed by atoms with Crippen molar-refractivity contribution in [3.8, 4) is 5.75 Å². The first-order chi connectivity index (χ1) is 12.0. The van der Waals surface area contributed by atoms with E-state index in [1.54, 1.807) is 35.0 Å². The lowest BCUT2D eigenvalue weighted by atomic mass is 10.1. The number of carbonyl (C=O) groups excluding carboxylic acids is 2. The fraction of sp³-hybridized carbons (Fsp3) is 0.556. The number of rotatable bonds is 5. The van der Waals surface area contributed by atoms with Gasteiger partial charge in [0, 0.05) is 31.7 Å². The zero-order valence-electron chi connectivity index (χ0n) is 15.4. The van der Waals surface area contributed by atoms with Crippen LogP contribution in [0, 0.1) is 0 Å². The van der Waals surface area contributed by atoms with Crippen LogP contribution in [0.15, 0.2) is 18.2 Å². The molecule has 1 fully saturated rings. The molecule has 1 aliphatic heterocycles. The van der Waals surface area contributed by atoms with Gasteiger partial charge >= 0.3 is 6.03 Å². The maximum atomic E-state index is 12.6. The third kappa shape index (κ3) is 4.63. The Bertz CT molecular complexity index is 614. The molecule has 7 nitrogen and oxygen atoms in total. The van der Waals surface area contributed by atoms with E-state index in [0.717, 1.165) is 6.42 Å². The first-order valence-corrected chi connectivity index (χ1v) is 8.56. The third-order valence-corrected chi connectivity index (χ3v) is 4.56. The molecule has 138 valence electrons. The molecule has 1 saturated heterocycles. The summed E-state index contributed by atoms with van der Waals surface area (Å²) >= 11 is 0. The highest BCUT2D eigenvalue weighted by molar-refractivity contribution is 5.98. The van der Waals surface area contributed by atoms with E-state index in [4.69, 9.17) is 9.47 Å². The maximum absolute atomic E-state index is 12.6. The summed E-state index contributed by atoms with van der Waals surface area (Å²) in [6, 6.07) is 4.96. The van der Waals surface area contributed by atoms with Gasteiger partial charge in [-0.1, -0.05) is 6.92 Å². The van der Waals surface area contributed by atoms with Crippen molar-refractivity contribution in [1.29, 1.82) is 0 Å². The van der Waals surface area contributed by atoms with Crippen LogP contribution in [0.2, 0.25) is 0 Å². The molecular formula is C18H27N3O4. The SMILES string of the molecule is CC[C@@H](C)N(C)C(=O)Nc1cc(C(=O)N2CCOCC2)ccc1OC. The van der Waals surface area contributed by atoms with Crippen LogP contribution in [0.4, 0.5) is 10.5 Å². The van der Waals surface area contributed by atoms with Crippen molar-refractivity contribution in [2.75, 3.05) is 45.8 Å². The molecule has 0 aromatic heterocycles. The standard InChI is InChI=1S/C18H27N3O4/c1-5-13(2)20(3)18(23)19-15-12-14(6-7-16(15)24-4)17(22)21-8-10-25-11-9-21/h6-7,12-13H,5,8-11H2,1-4H3,(H,19,23)/t13-/m1/s1. The molecule has 0 aliphatic carbocycles. The summed E-state index contributed by atoms with van der Waals surface area (Å²) in [5.41, 5.74) is 1.01.